The number of hydrogen-bond donors (Lipinski definition) is 0. The van der Waals surface area contributed by atoms with E-state index >= 15 is 0 Å². The van der Waals surface area contributed by atoms with Crippen molar-refractivity contribution in [1.29, 1.82) is 0 Å². The Balaban J connectivity index is -0.0000000480. The number of hydrogen-bond acceptors (Lipinski definition) is 1. The van der Waals surface area contributed by atoms with Gasteiger partial charge in [0, 0.05) is 7.05 Å². The molecule has 1 heteroatoms. The van der Waals surface area contributed by atoms with Crippen LogP contribution in [-0.2, 0) is 0 Å². The Bertz CT molecular complexity index is 42.1. The van der Waals surface area contributed by atoms with Crippen LogP contribution in [0.4, 0.5) is 0 Å². The molecule has 44 valence electrons. The largest absolute Gasteiger partial charge is 0.247 e. The highest BCUT2D eigenvalue weighted by molar-refractivity contribution is 5.45. The molecule has 0 aliphatic heterocycles. The Morgan fingerprint density at radius 3 is 1.57 bits per heavy atom. The first-order valence-electron chi connectivity index (χ1n) is 2.02. The summed E-state index contributed by atoms with van der Waals surface area (Å²) in [6, 6.07) is 0. The molecule has 0 saturated carbocycles. The van der Waals surface area contributed by atoms with Gasteiger partial charge in [0.15, 0.2) is 0 Å². The van der Waals surface area contributed by atoms with Gasteiger partial charge in [-0.3, -0.25) is 0 Å². The molecule has 0 rings (SSSR count). The van der Waals surface area contributed by atoms with Crippen LogP contribution in [0.3, 0.4) is 0 Å². The van der Waals surface area contributed by atoms with E-state index in [-0.39, 0.29) is 7.43 Å². The van der Waals surface area contributed by atoms with Crippen LogP contribution in [0, 0.1) is 0 Å². The van der Waals surface area contributed by atoms with E-state index in [1.807, 2.05) is 13.8 Å². The van der Waals surface area contributed by atoms with Crippen LogP contribution in [0.25, 0.3) is 0 Å². The van der Waals surface area contributed by atoms with Crippen molar-refractivity contribution in [2.75, 3.05) is 7.05 Å². The van der Waals surface area contributed by atoms with Gasteiger partial charge in [-0.25, -0.2) is 4.99 Å². The van der Waals surface area contributed by atoms with E-state index in [0.717, 1.165) is 0 Å². The Kier molecular flexibility index (Phi) is 118. The van der Waals surface area contributed by atoms with E-state index < -0.39 is 0 Å². The Labute approximate surface area is 46.8 Å². The van der Waals surface area contributed by atoms with Crippen LogP contribution in [0.15, 0.2) is 11.6 Å². The standard InChI is InChI=1S/C3H5N.C2H6.CH4/c1-3-4-2;1-2;/h1H2,2H3;1-2H3;1H4. The minimum atomic E-state index is 0. The van der Waals surface area contributed by atoms with Gasteiger partial charge in [-0.05, 0) is 12.4 Å². The molecule has 0 fully saturated rings. The molecule has 0 aliphatic rings. The zero-order valence-electron chi connectivity index (χ0n) is 4.65. The first-order chi connectivity index (χ1) is 2.91. The molecule has 0 N–H and O–H groups in total. The third-order valence-electron chi connectivity index (χ3n) is 0.158. The highest BCUT2D eigenvalue weighted by Gasteiger charge is 1.21. The molecule has 0 unspecified atom stereocenters. The molecule has 1 nitrogen and oxygen atoms in total. The predicted molar refractivity (Wildman–Crippen MR) is 37.1 cm³/mol. The second-order valence-corrected chi connectivity index (χ2v) is 0.382. The SMILES string of the molecule is C.C=C=NC.CC. The predicted octanol–water partition coefficient (Wildman–Crippen LogP) is 2.13. The summed E-state index contributed by atoms with van der Waals surface area (Å²) in [5, 5.41) is 0. The fourth-order valence-electron chi connectivity index (χ4n) is 0. The molecule has 0 aromatic rings. The van der Waals surface area contributed by atoms with E-state index in [1.165, 1.54) is 0 Å². The first-order valence-corrected chi connectivity index (χ1v) is 2.02. The zero-order valence-corrected chi connectivity index (χ0v) is 4.65. The van der Waals surface area contributed by atoms with Crippen molar-refractivity contribution in [3.8, 4) is 0 Å². The van der Waals surface area contributed by atoms with Gasteiger partial charge < -0.3 is 0 Å². The highest BCUT2D eigenvalue weighted by Crippen LogP contribution is 1.29. The van der Waals surface area contributed by atoms with Crippen LogP contribution in [0.1, 0.15) is 21.3 Å². The van der Waals surface area contributed by atoms with Crippen molar-refractivity contribution >= 4 is 5.87 Å². The van der Waals surface area contributed by atoms with Gasteiger partial charge in [0.25, 0.3) is 0 Å². The van der Waals surface area contributed by atoms with E-state index in [2.05, 4.69) is 17.4 Å². The average Bonchev–Trinajstić information content (AvgIpc) is 1.72. The maximum atomic E-state index is 3.38. The van der Waals surface area contributed by atoms with Crippen molar-refractivity contribution in [1.82, 2.24) is 0 Å². The van der Waals surface area contributed by atoms with Crippen LogP contribution in [-0.4, -0.2) is 12.9 Å². The van der Waals surface area contributed by atoms with E-state index in [9.17, 15) is 0 Å². The van der Waals surface area contributed by atoms with Crippen molar-refractivity contribution < 1.29 is 0 Å². The van der Waals surface area contributed by atoms with Gasteiger partial charge in [0.1, 0.15) is 0 Å². The molecule has 0 aromatic carbocycles. The highest BCUT2D eigenvalue weighted by atomic mass is 14.6. The monoisotopic (exact) mass is 101 g/mol. The zero-order chi connectivity index (χ0) is 5.41. The minimum Gasteiger partial charge on any atom is -0.247 e. The van der Waals surface area contributed by atoms with Crippen LogP contribution in [0.2, 0.25) is 0 Å². The third kappa shape index (κ3) is 320. The number of aliphatic imine (C=N–C) groups is 1. The summed E-state index contributed by atoms with van der Waals surface area (Å²) in [5.41, 5.74) is 0. The van der Waals surface area contributed by atoms with Gasteiger partial charge in [0.05, 0.1) is 0 Å². The summed E-state index contributed by atoms with van der Waals surface area (Å²) in [6.45, 7) is 7.19. The summed E-state index contributed by atoms with van der Waals surface area (Å²) in [7, 11) is 1.63. The van der Waals surface area contributed by atoms with E-state index in [1.54, 1.807) is 7.05 Å². The molecule has 0 bridgehead atoms. The summed E-state index contributed by atoms with van der Waals surface area (Å²) >= 11 is 0. The lowest BCUT2D eigenvalue weighted by Crippen LogP contribution is -1.35. The van der Waals surface area contributed by atoms with Crippen molar-refractivity contribution in [3.63, 3.8) is 0 Å². The molecular weight excluding hydrogens is 86.1 g/mol. The average molecular weight is 101 g/mol. The van der Waals surface area contributed by atoms with Crippen LogP contribution < -0.4 is 0 Å². The summed E-state index contributed by atoms with van der Waals surface area (Å²) < 4.78 is 0. The molecule has 0 amide bonds. The number of nitrogens with zero attached hydrogens (tertiary/aromatic N) is 1. The van der Waals surface area contributed by atoms with Crippen LogP contribution >= 0.6 is 0 Å². The second kappa shape index (κ2) is 51.3. The Morgan fingerprint density at radius 1 is 1.43 bits per heavy atom. The Hall–Kier alpha value is -0.550. The van der Waals surface area contributed by atoms with Gasteiger partial charge in [-0.1, -0.05) is 21.3 Å². The minimum absolute atomic E-state index is 0. The normalized spacial score (nSPS) is 3.29. The lowest BCUT2D eigenvalue weighted by molar-refractivity contribution is 1.49. The number of rotatable bonds is 0. The van der Waals surface area contributed by atoms with Gasteiger partial charge in [-0.15, -0.1) is 0 Å². The van der Waals surface area contributed by atoms with Gasteiger partial charge >= 0.3 is 0 Å². The van der Waals surface area contributed by atoms with Crippen molar-refractivity contribution in [2.24, 2.45) is 4.99 Å². The smallest absolute Gasteiger partial charge is 0.0371 e. The lowest BCUT2D eigenvalue weighted by Gasteiger charge is -1.42. The summed E-state index contributed by atoms with van der Waals surface area (Å²) in [5.74, 6) is 2.31. The Morgan fingerprint density at radius 2 is 1.57 bits per heavy atom. The molecule has 7 heavy (non-hydrogen) atoms. The van der Waals surface area contributed by atoms with Crippen LogP contribution in [0.5, 0.6) is 0 Å². The van der Waals surface area contributed by atoms with Gasteiger partial charge in [0.2, 0.25) is 0 Å². The molecule has 0 radical (unpaired) electrons. The molecule has 0 atom stereocenters. The molecule has 0 aliphatic carbocycles. The molecular formula is C6H15N. The van der Waals surface area contributed by atoms with E-state index in [4.69, 9.17) is 0 Å². The maximum absolute atomic E-state index is 3.38. The quantitative estimate of drug-likeness (QED) is 0.414. The molecule has 0 saturated heterocycles. The maximum Gasteiger partial charge on any atom is 0.0371 e. The van der Waals surface area contributed by atoms with Gasteiger partial charge in [-0.2, -0.15) is 0 Å². The third-order valence-corrected chi connectivity index (χ3v) is 0.158. The summed E-state index contributed by atoms with van der Waals surface area (Å²) in [4.78, 5) is 3.38. The summed E-state index contributed by atoms with van der Waals surface area (Å²) in [6.07, 6.45) is 0. The second-order valence-electron chi connectivity index (χ2n) is 0.382. The van der Waals surface area contributed by atoms with E-state index in [0.29, 0.717) is 0 Å². The fourth-order valence-corrected chi connectivity index (χ4v) is 0. The topological polar surface area (TPSA) is 12.4 Å². The molecule has 0 spiro atoms. The lowest BCUT2D eigenvalue weighted by atomic mass is 11.0. The van der Waals surface area contributed by atoms with Crippen molar-refractivity contribution in [3.05, 3.63) is 6.58 Å². The fraction of sp³-hybridized carbons (Fsp3) is 0.667. The molecule has 0 heterocycles. The van der Waals surface area contributed by atoms with Crippen molar-refractivity contribution in [2.45, 2.75) is 21.3 Å². The molecule has 0 aromatic heterocycles. The first kappa shape index (κ1) is 16.1.